The Labute approximate surface area is 198 Å². The van der Waals surface area contributed by atoms with Gasteiger partial charge in [-0.3, -0.25) is 9.69 Å². The minimum absolute atomic E-state index is 0.247. The number of Topliss-reactive ketones (excluding diaryl/α,β-unsaturated/α-hetero) is 1. The molecule has 0 bridgehead atoms. The SMILES string of the molecule is O=C(Cc1ccc(-c2nc(-c3ccccc3)c(-c3ccccc3)s2)cc1)CN1CCOCC1. The first-order valence-electron chi connectivity index (χ1n) is 11.3. The molecule has 4 aromatic rings. The summed E-state index contributed by atoms with van der Waals surface area (Å²) in [7, 11) is 0. The van der Waals surface area contributed by atoms with Gasteiger partial charge < -0.3 is 4.74 Å². The fourth-order valence-corrected chi connectivity index (χ4v) is 5.18. The molecule has 1 fully saturated rings. The van der Waals surface area contributed by atoms with Crippen LogP contribution >= 0.6 is 11.3 Å². The van der Waals surface area contributed by atoms with Gasteiger partial charge >= 0.3 is 0 Å². The average molecular weight is 455 g/mol. The van der Waals surface area contributed by atoms with Gasteiger partial charge in [0.15, 0.2) is 5.78 Å². The highest BCUT2D eigenvalue weighted by Crippen LogP contribution is 2.40. The number of thiazole rings is 1. The maximum absolute atomic E-state index is 12.5. The molecule has 1 aromatic heterocycles. The van der Waals surface area contributed by atoms with E-state index >= 15 is 0 Å². The molecule has 0 saturated carbocycles. The first-order chi connectivity index (χ1) is 16.3. The Bertz CT molecular complexity index is 1140. The van der Waals surface area contributed by atoms with Crippen LogP contribution in [0.25, 0.3) is 32.3 Å². The van der Waals surface area contributed by atoms with E-state index in [2.05, 4.69) is 65.6 Å². The summed E-state index contributed by atoms with van der Waals surface area (Å²) in [5.74, 6) is 0.247. The van der Waals surface area contributed by atoms with E-state index in [1.165, 1.54) is 10.4 Å². The quantitative estimate of drug-likeness (QED) is 0.365. The summed E-state index contributed by atoms with van der Waals surface area (Å²) in [6.07, 6.45) is 0.458. The van der Waals surface area contributed by atoms with Crippen molar-refractivity contribution in [2.75, 3.05) is 32.8 Å². The molecule has 3 aromatic carbocycles. The summed E-state index contributed by atoms with van der Waals surface area (Å²) in [4.78, 5) is 20.9. The zero-order valence-corrected chi connectivity index (χ0v) is 19.3. The number of carbonyl (C=O) groups is 1. The lowest BCUT2D eigenvalue weighted by molar-refractivity contribution is -0.120. The highest BCUT2D eigenvalue weighted by atomic mass is 32.1. The van der Waals surface area contributed by atoms with Crippen molar-refractivity contribution in [1.29, 1.82) is 0 Å². The van der Waals surface area contributed by atoms with Gasteiger partial charge in [0.25, 0.3) is 0 Å². The van der Waals surface area contributed by atoms with E-state index in [1.807, 2.05) is 24.3 Å². The van der Waals surface area contributed by atoms with Gasteiger partial charge in [0.05, 0.1) is 30.3 Å². The van der Waals surface area contributed by atoms with Crippen molar-refractivity contribution >= 4 is 17.1 Å². The second kappa shape index (κ2) is 10.2. The molecular weight excluding hydrogens is 428 g/mol. The number of nitrogens with zero attached hydrogens (tertiary/aromatic N) is 2. The third-order valence-electron chi connectivity index (χ3n) is 5.82. The lowest BCUT2D eigenvalue weighted by Gasteiger charge is -2.25. The number of hydrogen-bond acceptors (Lipinski definition) is 5. The summed E-state index contributed by atoms with van der Waals surface area (Å²) in [6, 6.07) is 29.0. The van der Waals surface area contributed by atoms with Crippen LogP contribution in [0.15, 0.2) is 84.9 Å². The minimum Gasteiger partial charge on any atom is -0.379 e. The molecule has 0 atom stereocenters. The molecule has 4 nitrogen and oxygen atoms in total. The van der Waals surface area contributed by atoms with Gasteiger partial charge in [-0.2, -0.15) is 0 Å². The van der Waals surface area contributed by atoms with E-state index in [-0.39, 0.29) is 5.78 Å². The van der Waals surface area contributed by atoms with Crippen LogP contribution in [0.3, 0.4) is 0 Å². The van der Waals surface area contributed by atoms with Gasteiger partial charge in [0.1, 0.15) is 5.01 Å². The Morgan fingerprint density at radius 3 is 2.12 bits per heavy atom. The fourth-order valence-electron chi connectivity index (χ4n) is 4.08. The lowest BCUT2D eigenvalue weighted by Crippen LogP contribution is -2.39. The number of rotatable bonds is 7. The Kier molecular flexibility index (Phi) is 6.72. The van der Waals surface area contributed by atoms with Crippen LogP contribution in [0.4, 0.5) is 0 Å². The van der Waals surface area contributed by atoms with Crippen molar-refractivity contribution in [2.24, 2.45) is 0 Å². The van der Waals surface area contributed by atoms with Crippen LogP contribution in [0.1, 0.15) is 5.56 Å². The zero-order valence-electron chi connectivity index (χ0n) is 18.4. The number of morpholine rings is 1. The first-order valence-corrected chi connectivity index (χ1v) is 12.1. The van der Waals surface area contributed by atoms with Crippen LogP contribution in [-0.4, -0.2) is 48.5 Å². The number of hydrogen-bond donors (Lipinski definition) is 0. The highest BCUT2D eigenvalue weighted by Gasteiger charge is 2.17. The Morgan fingerprint density at radius 2 is 1.45 bits per heavy atom. The van der Waals surface area contributed by atoms with Gasteiger partial charge in [-0.15, -0.1) is 11.3 Å². The van der Waals surface area contributed by atoms with Crippen LogP contribution in [-0.2, 0) is 16.0 Å². The molecule has 5 heteroatoms. The lowest BCUT2D eigenvalue weighted by atomic mass is 10.1. The van der Waals surface area contributed by atoms with Gasteiger partial charge in [-0.1, -0.05) is 84.9 Å². The molecule has 0 N–H and O–H groups in total. The molecule has 33 heavy (non-hydrogen) atoms. The molecule has 1 aliphatic heterocycles. The highest BCUT2D eigenvalue weighted by molar-refractivity contribution is 7.19. The Balaban J connectivity index is 1.37. The van der Waals surface area contributed by atoms with E-state index in [4.69, 9.17) is 9.72 Å². The molecule has 2 heterocycles. The monoisotopic (exact) mass is 454 g/mol. The summed E-state index contributed by atoms with van der Waals surface area (Å²) >= 11 is 1.71. The van der Waals surface area contributed by atoms with E-state index in [0.717, 1.165) is 40.5 Å². The number of benzene rings is 3. The van der Waals surface area contributed by atoms with Crippen molar-refractivity contribution < 1.29 is 9.53 Å². The van der Waals surface area contributed by atoms with Crippen molar-refractivity contribution in [3.05, 3.63) is 90.5 Å². The third-order valence-corrected chi connectivity index (χ3v) is 6.97. The van der Waals surface area contributed by atoms with Gasteiger partial charge in [-0.05, 0) is 11.1 Å². The van der Waals surface area contributed by atoms with Crippen molar-refractivity contribution in [3.8, 4) is 32.3 Å². The molecule has 166 valence electrons. The third kappa shape index (κ3) is 5.28. The van der Waals surface area contributed by atoms with Crippen molar-refractivity contribution in [1.82, 2.24) is 9.88 Å². The predicted octanol–water partition coefficient (Wildman–Crippen LogP) is 5.59. The summed E-state index contributed by atoms with van der Waals surface area (Å²) < 4.78 is 5.36. The smallest absolute Gasteiger partial charge is 0.151 e. The fraction of sp³-hybridized carbons (Fsp3) is 0.214. The van der Waals surface area contributed by atoms with Crippen molar-refractivity contribution in [2.45, 2.75) is 6.42 Å². The summed E-state index contributed by atoms with van der Waals surface area (Å²) in [5, 5.41) is 0.985. The second-order valence-electron chi connectivity index (χ2n) is 8.23. The summed E-state index contributed by atoms with van der Waals surface area (Å²) in [6.45, 7) is 3.60. The minimum atomic E-state index is 0.247. The first kappa shape index (κ1) is 21.7. The number of ketones is 1. The van der Waals surface area contributed by atoms with Crippen molar-refractivity contribution in [3.63, 3.8) is 0 Å². The normalized spacial score (nSPS) is 14.3. The zero-order chi connectivity index (χ0) is 22.5. The maximum atomic E-state index is 12.5. The van der Waals surface area contributed by atoms with E-state index < -0.39 is 0 Å². The summed E-state index contributed by atoms with van der Waals surface area (Å²) in [5.41, 5.74) is 5.41. The largest absolute Gasteiger partial charge is 0.379 e. The van der Waals surface area contributed by atoms with Gasteiger partial charge in [0.2, 0.25) is 0 Å². The molecule has 1 aliphatic rings. The van der Waals surface area contributed by atoms with E-state index in [9.17, 15) is 4.79 Å². The number of carbonyl (C=O) groups excluding carboxylic acids is 1. The molecule has 0 amide bonds. The number of ether oxygens (including phenoxy) is 1. The van der Waals surface area contributed by atoms with E-state index in [1.54, 1.807) is 11.3 Å². The predicted molar refractivity (Wildman–Crippen MR) is 134 cm³/mol. The molecule has 0 unspecified atom stereocenters. The van der Waals surface area contributed by atoms with Gasteiger partial charge in [-0.25, -0.2) is 4.98 Å². The molecule has 5 rings (SSSR count). The van der Waals surface area contributed by atoms with Crippen LogP contribution in [0.5, 0.6) is 0 Å². The molecule has 1 saturated heterocycles. The van der Waals surface area contributed by atoms with Crippen LogP contribution < -0.4 is 0 Å². The Morgan fingerprint density at radius 1 is 0.818 bits per heavy atom. The average Bonchev–Trinajstić information content (AvgIpc) is 3.32. The number of aromatic nitrogens is 1. The molecule has 0 radical (unpaired) electrons. The van der Waals surface area contributed by atoms with Crippen LogP contribution in [0, 0.1) is 0 Å². The van der Waals surface area contributed by atoms with Crippen LogP contribution in [0.2, 0.25) is 0 Å². The topological polar surface area (TPSA) is 42.4 Å². The van der Waals surface area contributed by atoms with Gasteiger partial charge in [0, 0.05) is 30.6 Å². The molecule has 0 spiro atoms. The molecular formula is C28H26N2O2S. The second-order valence-corrected chi connectivity index (χ2v) is 9.23. The maximum Gasteiger partial charge on any atom is 0.151 e. The Hall–Kier alpha value is -3.12. The molecule has 0 aliphatic carbocycles. The standard InChI is InChI=1S/C28H26N2O2S/c31-25(20-30-15-17-32-18-16-30)19-21-11-13-24(14-12-21)28-29-26(22-7-3-1-4-8-22)27(33-28)23-9-5-2-6-10-23/h1-14H,15-20H2. The van der Waals surface area contributed by atoms with E-state index in [0.29, 0.717) is 26.2 Å².